The molecule has 3 aromatic rings. The van der Waals surface area contributed by atoms with E-state index in [0.717, 1.165) is 17.7 Å². The number of ether oxygens (including phenoxy) is 1. The summed E-state index contributed by atoms with van der Waals surface area (Å²) < 4.78 is 5.68. The first-order valence-electron chi connectivity index (χ1n) is 9.27. The van der Waals surface area contributed by atoms with Crippen LogP contribution in [0, 0.1) is 6.92 Å². The van der Waals surface area contributed by atoms with E-state index < -0.39 is 0 Å². The highest BCUT2D eigenvalue weighted by Gasteiger charge is 2.14. The largest absolute Gasteiger partial charge is 0.486 e. The van der Waals surface area contributed by atoms with Crippen LogP contribution in [0.2, 0.25) is 0 Å². The van der Waals surface area contributed by atoms with E-state index in [4.69, 9.17) is 4.74 Å². The third-order valence-corrected chi connectivity index (χ3v) is 4.96. The fourth-order valence-electron chi connectivity index (χ4n) is 2.48. The second-order valence-corrected chi connectivity index (χ2v) is 7.40. The van der Waals surface area contributed by atoms with E-state index >= 15 is 0 Å². The highest BCUT2D eigenvalue weighted by molar-refractivity contribution is 7.13. The van der Waals surface area contributed by atoms with E-state index in [1.807, 2.05) is 38.1 Å². The van der Waals surface area contributed by atoms with Crippen molar-refractivity contribution >= 4 is 28.8 Å². The molecule has 0 aliphatic heterocycles. The summed E-state index contributed by atoms with van der Waals surface area (Å²) in [5.74, 6) is 0.204. The lowest BCUT2D eigenvalue weighted by molar-refractivity contribution is 0.0952. The molecule has 7 nitrogen and oxygen atoms in total. The van der Waals surface area contributed by atoms with Gasteiger partial charge in [0.15, 0.2) is 5.01 Å². The van der Waals surface area contributed by atoms with E-state index in [9.17, 15) is 9.59 Å². The zero-order chi connectivity index (χ0) is 20.6. The number of anilines is 1. The molecular weight excluding hydrogens is 388 g/mol. The molecule has 0 bridgehead atoms. The number of rotatable bonds is 8. The molecule has 2 N–H and O–H groups in total. The lowest BCUT2D eigenvalue weighted by atomic mass is 10.2. The van der Waals surface area contributed by atoms with Crippen molar-refractivity contribution in [3.8, 4) is 5.75 Å². The highest BCUT2D eigenvalue weighted by Crippen LogP contribution is 2.19. The Morgan fingerprint density at radius 1 is 1.03 bits per heavy atom. The number of amides is 2. The van der Waals surface area contributed by atoms with E-state index in [1.165, 1.54) is 11.3 Å². The average Bonchev–Trinajstić information content (AvgIpc) is 3.22. The average molecular weight is 410 g/mol. The van der Waals surface area contributed by atoms with Crippen molar-refractivity contribution in [1.82, 2.24) is 15.5 Å². The molecule has 0 spiro atoms. The standard InChI is InChI=1S/C21H22N4O3S/c1-3-12-22-19(26)15-8-10-16(11-9-15)28-13-18-24-25-21(29-18)20(27)23-17-7-5-4-6-14(17)2/h4-11H,3,12-13H2,1-2H3,(H,22,26)(H,23,27). The number of hydrogen-bond acceptors (Lipinski definition) is 6. The van der Waals surface area contributed by atoms with Crippen LogP contribution in [0.3, 0.4) is 0 Å². The Morgan fingerprint density at radius 2 is 1.79 bits per heavy atom. The molecule has 0 aliphatic carbocycles. The van der Waals surface area contributed by atoms with Crippen molar-refractivity contribution in [2.75, 3.05) is 11.9 Å². The molecule has 1 aromatic heterocycles. The van der Waals surface area contributed by atoms with Crippen molar-refractivity contribution in [3.05, 3.63) is 69.7 Å². The highest BCUT2D eigenvalue weighted by atomic mass is 32.1. The fourth-order valence-corrected chi connectivity index (χ4v) is 3.13. The number of para-hydroxylation sites is 1. The number of nitrogens with zero attached hydrogens (tertiary/aromatic N) is 2. The predicted molar refractivity (Wildman–Crippen MR) is 112 cm³/mol. The molecule has 29 heavy (non-hydrogen) atoms. The van der Waals surface area contributed by atoms with Gasteiger partial charge in [-0.1, -0.05) is 36.5 Å². The first-order valence-corrected chi connectivity index (χ1v) is 10.1. The molecule has 3 rings (SSSR count). The summed E-state index contributed by atoms with van der Waals surface area (Å²) in [5, 5.41) is 14.5. The SMILES string of the molecule is CCCNC(=O)c1ccc(OCc2nnc(C(=O)Nc3ccccc3C)s2)cc1. The number of nitrogens with one attached hydrogen (secondary N) is 2. The predicted octanol–water partition coefficient (Wildman–Crippen LogP) is 3.82. The number of aromatic nitrogens is 2. The molecule has 0 fully saturated rings. The van der Waals surface area contributed by atoms with Crippen molar-refractivity contribution in [1.29, 1.82) is 0 Å². The molecule has 2 aromatic carbocycles. The maximum Gasteiger partial charge on any atom is 0.286 e. The van der Waals surface area contributed by atoms with Crippen LogP contribution in [0.5, 0.6) is 5.75 Å². The lowest BCUT2D eigenvalue weighted by Gasteiger charge is -2.06. The molecule has 1 heterocycles. The minimum atomic E-state index is -0.300. The summed E-state index contributed by atoms with van der Waals surface area (Å²) in [5.41, 5.74) is 2.30. The summed E-state index contributed by atoms with van der Waals surface area (Å²) in [6.07, 6.45) is 0.889. The molecule has 0 unspecified atom stereocenters. The Bertz CT molecular complexity index is 986. The van der Waals surface area contributed by atoms with Crippen LogP contribution in [0.25, 0.3) is 0 Å². The van der Waals surface area contributed by atoms with Crippen molar-refractivity contribution in [2.24, 2.45) is 0 Å². The smallest absolute Gasteiger partial charge is 0.286 e. The van der Waals surface area contributed by atoms with Gasteiger partial charge in [0.2, 0.25) is 5.01 Å². The van der Waals surface area contributed by atoms with Gasteiger partial charge in [0.1, 0.15) is 12.4 Å². The van der Waals surface area contributed by atoms with Crippen LogP contribution < -0.4 is 15.4 Å². The van der Waals surface area contributed by atoms with Crippen molar-refractivity contribution in [2.45, 2.75) is 26.9 Å². The van der Waals surface area contributed by atoms with Gasteiger partial charge < -0.3 is 15.4 Å². The molecule has 0 radical (unpaired) electrons. The van der Waals surface area contributed by atoms with Crippen LogP contribution in [0.15, 0.2) is 48.5 Å². The zero-order valence-corrected chi connectivity index (χ0v) is 17.1. The Morgan fingerprint density at radius 3 is 2.52 bits per heavy atom. The van der Waals surface area contributed by atoms with Crippen LogP contribution in [0.1, 0.15) is 44.1 Å². The Balaban J connectivity index is 1.54. The van der Waals surface area contributed by atoms with E-state index in [2.05, 4.69) is 20.8 Å². The van der Waals surface area contributed by atoms with Gasteiger partial charge in [-0.15, -0.1) is 10.2 Å². The van der Waals surface area contributed by atoms with Crippen molar-refractivity contribution < 1.29 is 14.3 Å². The van der Waals surface area contributed by atoms with E-state index in [0.29, 0.717) is 22.9 Å². The number of carbonyl (C=O) groups is 2. The zero-order valence-electron chi connectivity index (χ0n) is 16.3. The minimum absolute atomic E-state index is 0.105. The maximum atomic E-state index is 12.3. The minimum Gasteiger partial charge on any atom is -0.486 e. The molecule has 0 saturated heterocycles. The number of benzene rings is 2. The molecule has 0 aliphatic rings. The van der Waals surface area contributed by atoms with Gasteiger partial charge in [-0.2, -0.15) is 0 Å². The number of aryl methyl sites for hydroxylation is 1. The second-order valence-electron chi connectivity index (χ2n) is 6.34. The lowest BCUT2D eigenvalue weighted by Crippen LogP contribution is -2.23. The van der Waals surface area contributed by atoms with Gasteiger partial charge in [0.05, 0.1) is 0 Å². The van der Waals surface area contributed by atoms with Gasteiger partial charge in [-0.25, -0.2) is 0 Å². The van der Waals surface area contributed by atoms with Crippen LogP contribution in [-0.4, -0.2) is 28.6 Å². The Labute approximate surface area is 173 Å². The molecule has 8 heteroatoms. The summed E-state index contributed by atoms with van der Waals surface area (Å²) in [6.45, 7) is 4.76. The molecule has 2 amide bonds. The summed E-state index contributed by atoms with van der Waals surface area (Å²) >= 11 is 1.18. The van der Waals surface area contributed by atoms with Crippen LogP contribution in [0.4, 0.5) is 5.69 Å². The monoisotopic (exact) mass is 410 g/mol. The molecule has 0 atom stereocenters. The van der Waals surface area contributed by atoms with Crippen LogP contribution >= 0.6 is 11.3 Å². The summed E-state index contributed by atoms with van der Waals surface area (Å²) in [4.78, 5) is 24.3. The first kappa shape index (κ1) is 20.5. The number of carbonyl (C=O) groups excluding carboxylic acids is 2. The molecule has 0 saturated carbocycles. The number of hydrogen-bond donors (Lipinski definition) is 2. The van der Waals surface area contributed by atoms with Crippen LogP contribution in [-0.2, 0) is 6.61 Å². The van der Waals surface area contributed by atoms with Gasteiger partial charge in [-0.3, -0.25) is 9.59 Å². The van der Waals surface area contributed by atoms with E-state index in [-0.39, 0.29) is 23.4 Å². The third kappa shape index (κ3) is 5.61. The van der Waals surface area contributed by atoms with Gasteiger partial charge in [0, 0.05) is 17.8 Å². The van der Waals surface area contributed by atoms with Crippen molar-refractivity contribution in [3.63, 3.8) is 0 Å². The second kappa shape index (κ2) is 9.79. The van der Waals surface area contributed by atoms with Gasteiger partial charge in [0.25, 0.3) is 11.8 Å². The topological polar surface area (TPSA) is 93.2 Å². The normalized spacial score (nSPS) is 10.4. The molecule has 150 valence electrons. The first-order chi connectivity index (χ1) is 14.1. The Hall–Kier alpha value is -3.26. The third-order valence-electron chi connectivity index (χ3n) is 4.07. The fraction of sp³-hybridized carbons (Fsp3) is 0.238. The Kier molecular flexibility index (Phi) is 6.91. The van der Waals surface area contributed by atoms with E-state index in [1.54, 1.807) is 24.3 Å². The maximum absolute atomic E-state index is 12.3. The summed E-state index contributed by atoms with van der Waals surface area (Å²) in [7, 11) is 0. The van der Waals surface area contributed by atoms with Gasteiger partial charge >= 0.3 is 0 Å². The summed E-state index contributed by atoms with van der Waals surface area (Å²) in [6, 6.07) is 14.4. The quantitative estimate of drug-likeness (QED) is 0.589. The van der Waals surface area contributed by atoms with Gasteiger partial charge in [-0.05, 0) is 49.2 Å². The molecular formula is C21H22N4O3S.